The van der Waals surface area contributed by atoms with Crippen LogP contribution in [-0.4, -0.2) is 47.2 Å². The molecule has 0 radical (unpaired) electrons. The number of β-amino-alcohol motifs (C(OH)–C–C–N with tert-alkyl or cyclic N) is 1. The molecule has 0 spiro atoms. The topological polar surface area (TPSA) is 52.6 Å². The summed E-state index contributed by atoms with van der Waals surface area (Å²) in [7, 11) is 0. The summed E-state index contributed by atoms with van der Waals surface area (Å²) in [5.41, 5.74) is 0.577. The molecule has 1 aliphatic heterocycles. The fraction of sp³-hybridized carbons (Fsp3) is 0.588. The van der Waals surface area contributed by atoms with E-state index in [9.17, 15) is 9.90 Å². The van der Waals surface area contributed by atoms with Gasteiger partial charge in [0, 0.05) is 29.7 Å². The summed E-state index contributed by atoms with van der Waals surface area (Å²) in [5, 5.41) is 13.8. The zero-order chi connectivity index (χ0) is 15.5. The number of hydrogen-bond acceptors (Lipinski definition) is 3. The van der Waals surface area contributed by atoms with Crippen molar-refractivity contribution in [3.05, 3.63) is 34.9 Å². The normalized spacial score (nSPS) is 27.0. The summed E-state index contributed by atoms with van der Waals surface area (Å²) < 4.78 is 0. The molecule has 0 bridgehead atoms. The zero-order valence-electron chi connectivity index (χ0n) is 12.7. The smallest absolute Gasteiger partial charge is 0.251 e. The van der Waals surface area contributed by atoms with Gasteiger partial charge < -0.3 is 10.4 Å². The van der Waals surface area contributed by atoms with Crippen molar-refractivity contribution in [2.24, 2.45) is 0 Å². The minimum absolute atomic E-state index is 0.147. The van der Waals surface area contributed by atoms with E-state index < -0.39 is 6.10 Å². The maximum absolute atomic E-state index is 12.3. The van der Waals surface area contributed by atoms with Crippen molar-refractivity contribution in [2.75, 3.05) is 13.1 Å². The molecule has 1 aromatic rings. The van der Waals surface area contributed by atoms with E-state index in [1.807, 2.05) is 0 Å². The van der Waals surface area contributed by atoms with E-state index in [0.29, 0.717) is 23.2 Å². The van der Waals surface area contributed by atoms with Gasteiger partial charge in [0.25, 0.3) is 5.91 Å². The number of benzene rings is 1. The van der Waals surface area contributed by atoms with Gasteiger partial charge in [-0.2, -0.15) is 0 Å². The van der Waals surface area contributed by atoms with E-state index in [2.05, 4.69) is 10.2 Å². The number of carbonyl (C=O) groups excluding carboxylic acids is 1. The van der Waals surface area contributed by atoms with Gasteiger partial charge in [-0.3, -0.25) is 9.69 Å². The molecular weight excluding hydrogens is 300 g/mol. The summed E-state index contributed by atoms with van der Waals surface area (Å²) >= 11 is 5.84. The lowest BCUT2D eigenvalue weighted by Gasteiger charge is -2.30. The number of nitrogens with one attached hydrogen (secondary N) is 1. The minimum Gasteiger partial charge on any atom is -0.390 e. The molecule has 1 saturated heterocycles. The second-order valence-electron chi connectivity index (χ2n) is 6.40. The molecule has 1 amide bonds. The lowest BCUT2D eigenvalue weighted by atomic mass is 9.94. The molecule has 0 unspecified atom stereocenters. The Morgan fingerprint density at radius 1 is 1.14 bits per heavy atom. The molecule has 4 nitrogen and oxygen atoms in total. The quantitative estimate of drug-likeness (QED) is 0.898. The highest BCUT2D eigenvalue weighted by molar-refractivity contribution is 6.30. The van der Waals surface area contributed by atoms with Crippen LogP contribution in [0.2, 0.25) is 5.02 Å². The van der Waals surface area contributed by atoms with Crippen LogP contribution in [0.5, 0.6) is 0 Å². The Bertz CT molecular complexity index is 514. The molecule has 2 N–H and O–H groups in total. The third-order valence-electron chi connectivity index (χ3n) is 4.83. The Morgan fingerprint density at radius 2 is 1.82 bits per heavy atom. The Hall–Kier alpha value is -1.10. The van der Waals surface area contributed by atoms with Crippen LogP contribution in [0.3, 0.4) is 0 Å². The third-order valence-corrected chi connectivity index (χ3v) is 5.08. The van der Waals surface area contributed by atoms with Gasteiger partial charge in [0.2, 0.25) is 0 Å². The summed E-state index contributed by atoms with van der Waals surface area (Å²) in [4.78, 5) is 14.6. The van der Waals surface area contributed by atoms with Gasteiger partial charge in [-0.25, -0.2) is 0 Å². The molecule has 1 aliphatic carbocycles. The van der Waals surface area contributed by atoms with Crippen molar-refractivity contribution in [1.82, 2.24) is 10.2 Å². The average molecular weight is 323 g/mol. The molecule has 2 fully saturated rings. The lowest BCUT2D eigenvalue weighted by Crippen LogP contribution is -2.43. The van der Waals surface area contributed by atoms with Crippen molar-refractivity contribution in [3.63, 3.8) is 0 Å². The molecule has 2 atom stereocenters. The van der Waals surface area contributed by atoms with Crippen molar-refractivity contribution < 1.29 is 9.90 Å². The van der Waals surface area contributed by atoms with Crippen LogP contribution in [-0.2, 0) is 0 Å². The predicted molar refractivity (Wildman–Crippen MR) is 87.2 cm³/mol. The second kappa shape index (κ2) is 6.99. The third kappa shape index (κ3) is 3.62. The minimum atomic E-state index is -0.488. The second-order valence-corrected chi connectivity index (χ2v) is 6.84. The van der Waals surface area contributed by atoms with Crippen LogP contribution in [0.4, 0.5) is 0 Å². The summed E-state index contributed by atoms with van der Waals surface area (Å²) in [6.45, 7) is 1.40. The lowest BCUT2D eigenvalue weighted by molar-refractivity contribution is 0.0887. The van der Waals surface area contributed by atoms with Crippen LogP contribution >= 0.6 is 11.6 Å². The molecule has 2 aliphatic rings. The number of likely N-dealkylation sites (tertiary alicyclic amines) is 1. The van der Waals surface area contributed by atoms with E-state index in [1.54, 1.807) is 24.3 Å². The fourth-order valence-corrected chi connectivity index (χ4v) is 3.68. The first kappa shape index (κ1) is 15.8. The first-order valence-corrected chi connectivity index (χ1v) is 8.50. The van der Waals surface area contributed by atoms with Gasteiger partial charge >= 0.3 is 0 Å². The number of aliphatic hydroxyl groups is 1. The maximum atomic E-state index is 12.3. The summed E-state index contributed by atoms with van der Waals surface area (Å²) in [5.74, 6) is -0.147. The first-order chi connectivity index (χ1) is 10.6. The Morgan fingerprint density at radius 3 is 2.50 bits per heavy atom. The van der Waals surface area contributed by atoms with Gasteiger partial charge in [0.05, 0.1) is 12.1 Å². The van der Waals surface area contributed by atoms with Crippen LogP contribution in [0.25, 0.3) is 0 Å². The molecule has 22 heavy (non-hydrogen) atoms. The first-order valence-electron chi connectivity index (χ1n) is 8.12. The van der Waals surface area contributed by atoms with Crippen molar-refractivity contribution in [3.8, 4) is 0 Å². The standard InChI is InChI=1S/C17H23ClN2O2/c18-13-8-6-12(7-9-13)17(22)19-15-10-20(11-16(15)21)14-4-2-1-3-5-14/h6-9,14-16,21H,1-5,10-11H2,(H,19,22)/t15-,16+/m0/s1. The van der Waals surface area contributed by atoms with E-state index in [-0.39, 0.29) is 11.9 Å². The van der Waals surface area contributed by atoms with E-state index in [1.165, 1.54) is 32.1 Å². The molecule has 1 heterocycles. The number of carbonyl (C=O) groups is 1. The van der Waals surface area contributed by atoms with Crippen LogP contribution in [0.1, 0.15) is 42.5 Å². The van der Waals surface area contributed by atoms with Gasteiger partial charge in [0.15, 0.2) is 0 Å². The number of aliphatic hydroxyl groups excluding tert-OH is 1. The largest absolute Gasteiger partial charge is 0.390 e. The maximum Gasteiger partial charge on any atom is 0.251 e. The number of nitrogens with zero attached hydrogens (tertiary/aromatic N) is 1. The summed E-state index contributed by atoms with van der Waals surface area (Å²) in [6.07, 6.45) is 5.81. The van der Waals surface area contributed by atoms with Crippen molar-refractivity contribution >= 4 is 17.5 Å². The van der Waals surface area contributed by atoms with Gasteiger partial charge in [0.1, 0.15) is 0 Å². The average Bonchev–Trinajstić information content (AvgIpc) is 2.90. The van der Waals surface area contributed by atoms with Crippen molar-refractivity contribution in [1.29, 1.82) is 0 Å². The van der Waals surface area contributed by atoms with Gasteiger partial charge in [-0.1, -0.05) is 30.9 Å². The van der Waals surface area contributed by atoms with Crippen LogP contribution in [0.15, 0.2) is 24.3 Å². The van der Waals surface area contributed by atoms with Gasteiger partial charge in [-0.05, 0) is 37.1 Å². The summed E-state index contributed by atoms with van der Waals surface area (Å²) in [6, 6.07) is 7.20. The molecule has 1 aromatic carbocycles. The Labute approximate surface area is 136 Å². The Balaban J connectivity index is 1.58. The van der Waals surface area contributed by atoms with Crippen LogP contribution < -0.4 is 5.32 Å². The number of hydrogen-bond donors (Lipinski definition) is 2. The monoisotopic (exact) mass is 322 g/mol. The number of amides is 1. The Kier molecular flexibility index (Phi) is 5.01. The molecular formula is C17H23ClN2O2. The highest BCUT2D eigenvalue weighted by Gasteiger charge is 2.36. The molecule has 0 aromatic heterocycles. The zero-order valence-corrected chi connectivity index (χ0v) is 13.4. The highest BCUT2D eigenvalue weighted by atomic mass is 35.5. The van der Waals surface area contributed by atoms with Crippen molar-refractivity contribution in [2.45, 2.75) is 50.3 Å². The number of halogens is 1. The van der Waals surface area contributed by atoms with Crippen LogP contribution in [0, 0.1) is 0 Å². The van der Waals surface area contributed by atoms with E-state index >= 15 is 0 Å². The molecule has 120 valence electrons. The SMILES string of the molecule is O=C(N[C@H]1CN(C2CCCCC2)C[C@H]1O)c1ccc(Cl)cc1. The molecule has 1 saturated carbocycles. The number of rotatable bonds is 3. The molecule has 5 heteroatoms. The fourth-order valence-electron chi connectivity index (χ4n) is 3.56. The van der Waals surface area contributed by atoms with E-state index in [4.69, 9.17) is 11.6 Å². The van der Waals surface area contributed by atoms with Gasteiger partial charge in [-0.15, -0.1) is 0 Å². The highest BCUT2D eigenvalue weighted by Crippen LogP contribution is 2.26. The van der Waals surface area contributed by atoms with E-state index in [0.717, 1.165) is 6.54 Å². The molecule has 3 rings (SSSR count). The predicted octanol–water partition coefficient (Wildman–Crippen LogP) is 2.45.